The Morgan fingerprint density at radius 3 is 2.79 bits per heavy atom. The van der Waals surface area contributed by atoms with Crippen LogP contribution in [0.15, 0.2) is 35.1 Å². The second kappa shape index (κ2) is 3.35. The van der Waals surface area contributed by atoms with Gasteiger partial charge in [0.15, 0.2) is 0 Å². The van der Waals surface area contributed by atoms with Gasteiger partial charge in [-0.15, -0.1) is 0 Å². The largest absolute Gasteiger partial charge is 0.507 e. The highest BCUT2D eigenvalue weighted by Gasteiger charge is 2.10. The summed E-state index contributed by atoms with van der Waals surface area (Å²) in [4.78, 5) is 0. The molecule has 1 heterocycles. The maximum Gasteiger partial charge on any atom is 0.145 e. The van der Waals surface area contributed by atoms with Crippen molar-refractivity contribution < 1.29 is 13.9 Å². The highest BCUT2D eigenvalue weighted by Crippen LogP contribution is 2.33. The molecule has 72 valence electrons. The number of rotatable bonds is 1. The topological polar surface area (TPSA) is 33.4 Å². The first-order chi connectivity index (χ1) is 6.68. The van der Waals surface area contributed by atoms with Crippen LogP contribution in [0.2, 0.25) is 5.02 Å². The van der Waals surface area contributed by atoms with Gasteiger partial charge in [-0.1, -0.05) is 11.6 Å². The van der Waals surface area contributed by atoms with Gasteiger partial charge < -0.3 is 9.52 Å². The molecule has 0 saturated heterocycles. The number of aromatic hydroxyl groups is 1. The van der Waals surface area contributed by atoms with Crippen molar-refractivity contribution in [2.24, 2.45) is 0 Å². The third kappa shape index (κ3) is 1.46. The Balaban J connectivity index is 2.60. The zero-order valence-corrected chi connectivity index (χ0v) is 7.75. The molecule has 0 spiro atoms. The lowest BCUT2D eigenvalue weighted by molar-refractivity contribution is 0.471. The van der Waals surface area contributed by atoms with E-state index in [1.807, 2.05) is 0 Å². The van der Waals surface area contributed by atoms with Crippen LogP contribution in [0, 0.1) is 5.82 Å². The predicted molar refractivity (Wildman–Crippen MR) is 50.8 cm³/mol. The van der Waals surface area contributed by atoms with Gasteiger partial charge in [-0.2, -0.15) is 0 Å². The summed E-state index contributed by atoms with van der Waals surface area (Å²) in [5, 5.41) is 9.42. The summed E-state index contributed by atoms with van der Waals surface area (Å²) in [6.45, 7) is 0. The van der Waals surface area contributed by atoms with E-state index in [-0.39, 0.29) is 10.8 Å². The van der Waals surface area contributed by atoms with Crippen molar-refractivity contribution in [3.05, 3.63) is 41.6 Å². The van der Waals surface area contributed by atoms with Gasteiger partial charge in [0.2, 0.25) is 0 Å². The average Bonchev–Trinajstić information content (AvgIpc) is 2.64. The summed E-state index contributed by atoms with van der Waals surface area (Å²) < 4.78 is 17.7. The number of halogens is 2. The molecule has 4 heteroatoms. The minimum atomic E-state index is -0.642. The molecule has 0 aliphatic heterocycles. The molecule has 1 aromatic heterocycles. The lowest BCUT2D eigenvalue weighted by Gasteiger charge is -2.02. The van der Waals surface area contributed by atoms with Crippen LogP contribution < -0.4 is 0 Å². The first-order valence-corrected chi connectivity index (χ1v) is 4.27. The predicted octanol–water partition coefficient (Wildman–Crippen LogP) is 3.44. The van der Waals surface area contributed by atoms with E-state index in [1.54, 1.807) is 6.07 Å². The molecule has 0 saturated carbocycles. The molecule has 2 rings (SSSR count). The van der Waals surface area contributed by atoms with Gasteiger partial charge in [0, 0.05) is 17.2 Å². The Labute approximate surface area is 84.5 Å². The summed E-state index contributed by atoms with van der Waals surface area (Å²) >= 11 is 5.59. The van der Waals surface area contributed by atoms with E-state index in [0.717, 1.165) is 6.07 Å². The first-order valence-electron chi connectivity index (χ1n) is 3.89. The molecule has 1 N–H and O–H groups in total. The fraction of sp³-hybridized carbons (Fsp3) is 0. The molecule has 1 aromatic carbocycles. The molecule has 0 atom stereocenters. The highest BCUT2D eigenvalue weighted by atomic mass is 35.5. The van der Waals surface area contributed by atoms with Gasteiger partial charge in [0.05, 0.1) is 17.5 Å². The molecule has 0 unspecified atom stereocenters. The number of phenolic OH excluding ortho intramolecular Hbond substituents is 1. The van der Waals surface area contributed by atoms with E-state index < -0.39 is 5.82 Å². The minimum absolute atomic E-state index is 0.0287. The molecular formula is C10H6ClFO2. The molecule has 0 aliphatic carbocycles. The van der Waals surface area contributed by atoms with E-state index >= 15 is 0 Å². The second-order valence-corrected chi connectivity index (χ2v) is 3.20. The van der Waals surface area contributed by atoms with Crippen molar-refractivity contribution in [1.82, 2.24) is 0 Å². The third-order valence-electron chi connectivity index (χ3n) is 1.87. The quantitative estimate of drug-likeness (QED) is 0.786. The maximum absolute atomic E-state index is 12.9. The van der Waals surface area contributed by atoms with Crippen LogP contribution in [-0.4, -0.2) is 5.11 Å². The maximum atomic E-state index is 12.9. The van der Waals surface area contributed by atoms with Gasteiger partial charge in [-0.25, -0.2) is 4.39 Å². The lowest BCUT2D eigenvalue weighted by atomic mass is 10.1. The summed E-state index contributed by atoms with van der Waals surface area (Å²) in [6.07, 6.45) is 2.91. The normalized spacial score (nSPS) is 10.4. The second-order valence-electron chi connectivity index (χ2n) is 2.80. The molecule has 0 aliphatic rings. The lowest BCUT2D eigenvalue weighted by Crippen LogP contribution is -1.81. The Kier molecular flexibility index (Phi) is 2.17. The van der Waals surface area contributed by atoms with Crippen LogP contribution in [0.3, 0.4) is 0 Å². The standard InChI is InChI=1S/C10H6ClFO2/c11-8-3-7(6-1-2-14-5-6)10(13)4-9(8)12/h1-5,13H. The fourth-order valence-corrected chi connectivity index (χ4v) is 1.35. The molecular weight excluding hydrogens is 207 g/mol. The van der Waals surface area contributed by atoms with Gasteiger partial charge in [-0.3, -0.25) is 0 Å². The average molecular weight is 213 g/mol. The Bertz CT molecular complexity index is 451. The molecule has 0 fully saturated rings. The van der Waals surface area contributed by atoms with Gasteiger partial charge >= 0.3 is 0 Å². The summed E-state index contributed by atoms with van der Waals surface area (Å²) in [5.74, 6) is -0.801. The smallest absolute Gasteiger partial charge is 0.145 e. The van der Waals surface area contributed by atoms with E-state index in [4.69, 9.17) is 16.0 Å². The number of hydrogen-bond donors (Lipinski definition) is 1. The highest BCUT2D eigenvalue weighted by molar-refractivity contribution is 6.31. The van der Waals surface area contributed by atoms with Crippen LogP contribution in [0.25, 0.3) is 11.1 Å². The first kappa shape index (κ1) is 9.09. The van der Waals surface area contributed by atoms with E-state index in [0.29, 0.717) is 11.1 Å². The van der Waals surface area contributed by atoms with E-state index in [9.17, 15) is 9.50 Å². The summed E-state index contributed by atoms with van der Waals surface area (Å²) in [5.41, 5.74) is 1.11. The van der Waals surface area contributed by atoms with Crippen molar-refractivity contribution in [1.29, 1.82) is 0 Å². The number of furan rings is 1. The zero-order chi connectivity index (χ0) is 10.1. The minimum Gasteiger partial charge on any atom is -0.507 e. The van der Waals surface area contributed by atoms with E-state index in [2.05, 4.69) is 0 Å². The van der Waals surface area contributed by atoms with Crippen molar-refractivity contribution in [2.75, 3.05) is 0 Å². The van der Waals surface area contributed by atoms with Gasteiger partial charge in [0.1, 0.15) is 11.6 Å². The summed E-state index contributed by atoms with van der Waals surface area (Å²) in [7, 11) is 0. The number of benzene rings is 1. The van der Waals surface area contributed by atoms with Crippen LogP contribution in [0.5, 0.6) is 5.75 Å². The van der Waals surface area contributed by atoms with Gasteiger partial charge in [-0.05, 0) is 12.1 Å². The Morgan fingerprint density at radius 1 is 1.36 bits per heavy atom. The Morgan fingerprint density at radius 2 is 2.14 bits per heavy atom. The van der Waals surface area contributed by atoms with E-state index in [1.165, 1.54) is 18.6 Å². The Hall–Kier alpha value is -1.48. The monoisotopic (exact) mass is 212 g/mol. The zero-order valence-electron chi connectivity index (χ0n) is 7.00. The molecule has 0 amide bonds. The fourth-order valence-electron chi connectivity index (χ4n) is 1.19. The van der Waals surface area contributed by atoms with Gasteiger partial charge in [0.25, 0.3) is 0 Å². The summed E-state index contributed by atoms with van der Waals surface area (Å²) in [6, 6.07) is 3.99. The molecule has 2 nitrogen and oxygen atoms in total. The van der Waals surface area contributed by atoms with Crippen LogP contribution >= 0.6 is 11.6 Å². The SMILES string of the molecule is Oc1cc(F)c(Cl)cc1-c1ccoc1. The van der Waals surface area contributed by atoms with Crippen molar-refractivity contribution >= 4 is 11.6 Å². The van der Waals surface area contributed by atoms with Crippen LogP contribution in [0.4, 0.5) is 4.39 Å². The van der Waals surface area contributed by atoms with Crippen molar-refractivity contribution in [2.45, 2.75) is 0 Å². The van der Waals surface area contributed by atoms with Crippen LogP contribution in [0.1, 0.15) is 0 Å². The van der Waals surface area contributed by atoms with Crippen molar-refractivity contribution in [3.63, 3.8) is 0 Å². The molecule has 0 bridgehead atoms. The van der Waals surface area contributed by atoms with Crippen molar-refractivity contribution in [3.8, 4) is 16.9 Å². The molecule has 14 heavy (non-hydrogen) atoms. The number of hydrogen-bond acceptors (Lipinski definition) is 2. The molecule has 0 radical (unpaired) electrons. The van der Waals surface area contributed by atoms with Crippen LogP contribution in [-0.2, 0) is 0 Å². The molecule has 2 aromatic rings. The third-order valence-corrected chi connectivity index (χ3v) is 2.16. The number of phenols is 1.